The van der Waals surface area contributed by atoms with Gasteiger partial charge in [0, 0.05) is 5.56 Å². The maximum Gasteiger partial charge on any atom is 0.388 e. The molecule has 1 aromatic heterocycles. The molecule has 1 rings (SSSR count). The van der Waals surface area contributed by atoms with Crippen LogP contribution in [0.5, 0.6) is 5.88 Å². The monoisotopic (exact) mass is 202 g/mol. The molecule has 0 unspecified atom stereocenters. The number of alkyl halides is 2. The van der Waals surface area contributed by atoms with Gasteiger partial charge in [0.25, 0.3) is 0 Å². The van der Waals surface area contributed by atoms with Crippen LogP contribution in [0.15, 0.2) is 12.3 Å². The quantitative estimate of drug-likeness (QED) is 0.751. The molecule has 14 heavy (non-hydrogen) atoms. The molecule has 0 radical (unpaired) electrons. The highest BCUT2D eigenvalue weighted by Crippen LogP contribution is 2.18. The molecule has 0 aliphatic carbocycles. The van der Waals surface area contributed by atoms with Crippen molar-refractivity contribution < 1.29 is 17.9 Å². The fourth-order valence-electron chi connectivity index (χ4n) is 0.871. The molecule has 0 amide bonds. The van der Waals surface area contributed by atoms with E-state index in [0.717, 1.165) is 12.3 Å². The largest absolute Gasteiger partial charge is 0.417 e. The summed E-state index contributed by atoms with van der Waals surface area (Å²) in [4.78, 5) is 3.31. The molecule has 0 bridgehead atoms. The van der Waals surface area contributed by atoms with Crippen molar-refractivity contribution in [3.05, 3.63) is 23.6 Å². The Morgan fingerprint density at radius 3 is 2.86 bits per heavy atom. The van der Waals surface area contributed by atoms with E-state index in [2.05, 4.69) is 9.72 Å². The molecule has 6 heteroatoms. The molecular weight excluding hydrogens is 197 g/mol. The average molecular weight is 202 g/mol. The summed E-state index contributed by atoms with van der Waals surface area (Å²) < 4.78 is 40.2. The van der Waals surface area contributed by atoms with E-state index in [1.54, 1.807) is 6.07 Å². The van der Waals surface area contributed by atoms with Crippen molar-refractivity contribution in [3.63, 3.8) is 0 Å². The molecule has 0 aliphatic heterocycles. The minimum atomic E-state index is -3.04. The van der Waals surface area contributed by atoms with Gasteiger partial charge in [0.2, 0.25) is 5.88 Å². The second-order valence-electron chi connectivity index (χ2n) is 2.33. The molecule has 3 nitrogen and oxygen atoms in total. The van der Waals surface area contributed by atoms with Crippen molar-refractivity contribution in [2.75, 3.05) is 0 Å². The van der Waals surface area contributed by atoms with Crippen LogP contribution in [0.3, 0.4) is 0 Å². The lowest BCUT2D eigenvalue weighted by molar-refractivity contribution is -0.0534. The Hall–Kier alpha value is -1.77. The van der Waals surface area contributed by atoms with Gasteiger partial charge in [-0.1, -0.05) is 0 Å². The molecule has 0 aliphatic rings. The number of hydrogen-bond donors (Lipinski definition) is 0. The van der Waals surface area contributed by atoms with E-state index in [1.807, 2.05) is 0 Å². The van der Waals surface area contributed by atoms with Crippen LogP contribution in [0.1, 0.15) is 5.56 Å². The van der Waals surface area contributed by atoms with Crippen molar-refractivity contribution in [3.8, 4) is 11.9 Å². The molecule has 0 saturated carbocycles. The fraction of sp³-hybridized carbons (Fsp3) is 0.250. The maximum absolute atomic E-state index is 12.6. The molecule has 74 valence electrons. The number of pyridine rings is 1. The van der Waals surface area contributed by atoms with Gasteiger partial charge in [-0.2, -0.15) is 14.0 Å². The van der Waals surface area contributed by atoms with E-state index in [9.17, 15) is 13.2 Å². The molecule has 0 fully saturated rings. The van der Waals surface area contributed by atoms with Crippen molar-refractivity contribution in [2.45, 2.75) is 13.0 Å². The third-order valence-corrected chi connectivity index (χ3v) is 1.36. The smallest absolute Gasteiger partial charge is 0.388 e. The van der Waals surface area contributed by atoms with Gasteiger partial charge in [-0.25, -0.2) is 9.37 Å². The van der Waals surface area contributed by atoms with Crippen molar-refractivity contribution in [1.82, 2.24) is 4.98 Å². The van der Waals surface area contributed by atoms with Crippen LogP contribution in [0.2, 0.25) is 0 Å². The number of nitrogens with zero attached hydrogens (tertiary/aromatic N) is 2. The van der Waals surface area contributed by atoms with Crippen LogP contribution in [-0.4, -0.2) is 11.6 Å². The summed E-state index contributed by atoms with van der Waals surface area (Å²) in [5, 5.41) is 8.33. The summed E-state index contributed by atoms with van der Waals surface area (Å²) in [6, 6.07) is 2.63. The average Bonchev–Trinajstić information content (AvgIpc) is 2.09. The summed E-state index contributed by atoms with van der Waals surface area (Å²) in [6.07, 6.45) is 0.519. The Kier molecular flexibility index (Phi) is 3.29. The molecule has 0 spiro atoms. The van der Waals surface area contributed by atoms with Gasteiger partial charge in [-0.3, -0.25) is 0 Å². The van der Waals surface area contributed by atoms with E-state index in [4.69, 9.17) is 5.26 Å². The number of halogens is 3. The predicted octanol–water partition coefficient (Wildman–Crippen LogP) is 1.89. The summed E-state index contributed by atoms with van der Waals surface area (Å²) in [5.74, 6) is -1.11. The predicted molar refractivity (Wildman–Crippen MR) is 40.1 cm³/mol. The van der Waals surface area contributed by atoms with Crippen LogP contribution in [0, 0.1) is 17.1 Å². The zero-order valence-corrected chi connectivity index (χ0v) is 6.88. The van der Waals surface area contributed by atoms with E-state index in [0.29, 0.717) is 0 Å². The van der Waals surface area contributed by atoms with Crippen molar-refractivity contribution >= 4 is 0 Å². The van der Waals surface area contributed by atoms with Crippen molar-refractivity contribution in [2.24, 2.45) is 0 Å². The van der Waals surface area contributed by atoms with Gasteiger partial charge < -0.3 is 4.74 Å². The summed E-state index contributed by atoms with van der Waals surface area (Å²) in [6.45, 7) is -3.04. The highest BCUT2D eigenvalue weighted by atomic mass is 19.3. The first kappa shape index (κ1) is 10.3. The molecule has 1 aromatic rings. The van der Waals surface area contributed by atoms with Crippen LogP contribution >= 0.6 is 0 Å². The van der Waals surface area contributed by atoms with E-state index in [1.165, 1.54) is 0 Å². The zero-order valence-electron chi connectivity index (χ0n) is 6.88. The lowest BCUT2D eigenvalue weighted by Gasteiger charge is -2.06. The molecule has 1 heterocycles. The second-order valence-corrected chi connectivity index (χ2v) is 2.33. The lowest BCUT2D eigenvalue weighted by atomic mass is 10.2. The maximum atomic E-state index is 12.6. The number of ether oxygens (including phenoxy) is 1. The Morgan fingerprint density at radius 2 is 2.29 bits per heavy atom. The SMILES string of the molecule is N#CCc1cc(F)cnc1OC(F)F. The summed E-state index contributed by atoms with van der Waals surface area (Å²) in [5.41, 5.74) is 0.00722. The Balaban J connectivity index is 2.97. The zero-order chi connectivity index (χ0) is 10.6. The van der Waals surface area contributed by atoms with Gasteiger partial charge in [-0.05, 0) is 6.07 Å². The summed E-state index contributed by atoms with van der Waals surface area (Å²) in [7, 11) is 0. The highest BCUT2D eigenvalue weighted by Gasteiger charge is 2.11. The minimum absolute atomic E-state index is 0.00722. The Morgan fingerprint density at radius 1 is 1.57 bits per heavy atom. The molecule has 0 N–H and O–H groups in total. The molecule has 0 saturated heterocycles. The van der Waals surface area contributed by atoms with Crippen LogP contribution in [0.4, 0.5) is 13.2 Å². The molecular formula is C8H5F3N2O. The van der Waals surface area contributed by atoms with Gasteiger partial charge in [-0.15, -0.1) is 0 Å². The topological polar surface area (TPSA) is 45.9 Å². The minimum Gasteiger partial charge on any atom is -0.417 e. The van der Waals surface area contributed by atoms with Gasteiger partial charge in [0.05, 0.1) is 18.7 Å². The van der Waals surface area contributed by atoms with E-state index in [-0.39, 0.29) is 12.0 Å². The third kappa shape index (κ3) is 2.62. The Labute approximate surface area is 77.7 Å². The lowest BCUT2D eigenvalue weighted by Crippen LogP contribution is -2.06. The Bertz CT molecular complexity index is 362. The standard InChI is InChI=1S/C8H5F3N2O/c9-6-3-5(1-2-12)7(13-4-6)14-8(10)11/h3-4,8H,1H2. The second kappa shape index (κ2) is 4.46. The van der Waals surface area contributed by atoms with Crippen LogP contribution in [-0.2, 0) is 6.42 Å². The number of nitriles is 1. The number of rotatable bonds is 3. The first-order valence-corrected chi connectivity index (χ1v) is 3.59. The molecule has 0 aromatic carbocycles. The summed E-state index contributed by atoms with van der Waals surface area (Å²) >= 11 is 0. The van der Waals surface area contributed by atoms with Crippen LogP contribution < -0.4 is 4.74 Å². The van der Waals surface area contributed by atoms with E-state index >= 15 is 0 Å². The number of hydrogen-bond acceptors (Lipinski definition) is 3. The molecule has 0 atom stereocenters. The van der Waals surface area contributed by atoms with E-state index < -0.39 is 18.3 Å². The van der Waals surface area contributed by atoms with Crippen molar-refractivity contribution in [1.29, 1.82) is 5.26 Å². The normalized spacial score (nSPS) is 9.93. The number of aromatic nitrogens is 1. The highest BCUT2D eigenvalue weighted by molar-refractivity contribution is 5.28. The van der Waals surface area contributed by atoms with Gasteiger partial charge in [0.15, 0.2) is 0 Å². The fourth-order valence-corrected chi connectivity index (χ4v) is 0.871. The van der Waals surface area contributed by atoms with Crippen LogP contribution in [0.25, 0.3) is 0 Å². The van der Waals surface area contributed by atoms with Gasteiger partial charge >= 0.3 is 6.61 Å². The first-order chi connectivity index (χ1) is 6.63. The first-order valence-electron chi connectivity index (χ1n) is 3.59. The third-order valence-electron chi connectivity index (χ3n) is 1.36. The van der Waals surface area contributed by atoms with Gasteiger partial charge in [0.1, 0.15) is 5.82 Å².